The van der Waals surface area contributed by atoms with E-state index < -0.39 is 0 Å². The van der Waals surface area contributed by atoms with Gasteiger partial charge in [-0.1, -0.05) is 51.1 Å². The molecule has 0 atom stereocenters. The van der Waals surface area contributed by atoms with Gasteiger partial charge in [0.15, 0.2) is 5.58 Å². The highest BCUT2D eigenvalue weighted by Gasteiger charge is 2.17. The largest absolute Gasteiger partial charge is 0.435 e. The molecule has 0 radical (unpaired) electrons. The molecule has 3 heterocycles. The van der Waals surface area contributed by atoms with E-state index in [1.165, 1.54) is 5.56 Å². The highest BCUT2D eigenvalue weighted by Crippen LogP contribution is 2.30. The molecule has 0 aliphatic heterocycles. The minimum atomic E-state index is 0.0685. The van der Waals surface area contributed by atoms with Gasteiger partial charge in [-0.25, -0.2) is 9.97 Å². The summed E-state index contributed by atoms with van der Waals surface area (Å²) in [5.74, 6) is 0.533. The summed E-state index contributed by atoms with van der Waals surface area (Å²) in [4.78, 5) is 14.0. The summed E-state index contributed by atoms with van der Waals surface area (Å²) in [5.41, 5.74) is 5.40. The van der Waals surface area contributed by atoms with Gasteiger partial charge >= 0.3 is 0 Å². The first kappa shape index (κ1) is 15.9. The molecule has 0 aliphatic carbocycles. The maximum absolute atomic E-state index is 5.99. The predicted octanol–water partition coefficient (Wildman–Crippen LogP) is 5.89. The van der Waals surface area contributed by atoms with Crippen LogP contribution in [0.15, 0.2) is 65.2 Å². The van der Waals surface area contributed by atoms with Crippen molar-refractivity contribution >= 4 is 32.9 Å². The van der Waals surface area contributed by atoms with Gasteiger partial charge in [0, 0.05) is 17.0 Å². The topological polar surface area (TPSA) is 51.8 Å². The lowest BCUT2D eigenvalue weighted by atomic mass is 9.87. The number of aromatic nitrogens is 3. The van der Waals surface area contributed by atoms with E-state index in [1.807, 2.05) is 30.3 Å². The average molecular weight is 353 g/mol. The van der Waals surface area contributed by atoms with Gasteiger partial charge in [-0.05, 0) is 35.2 Å². The maximum atomic E-state index is 5.99. The van der Waals surface area contributed by atoms with Crippen LogP contribution in [0.5, 0.6) is 0 Å². The quantitative estimate of drug-likeness (QED) is 0.353. The van der Waals surface area contributed by atoms with Crippen LogP contribution in [0.1, 0.15) is 26.3 Å². The molecule has 0 unspecified atom stereocenters. The standard InChI is InChI=1S/C23H19N3O/c1-23(2,3)16-9-11-19-18(13-16)26-22(27-19)17-10-8-15-7-6-14-5-4-12-24-20(14)21(15)25-17/h4-13H,1-3H3. The van der Waals surface area contributed by atoms with Crippen LogP contribution in [0.4, 0.5) is 0 Å². The normalized spacial score (nSPS) is 12.3. The van der Waals surface area contributed by atoms with E-state index in [1.54, 1.807) is 6.20 Å². The summed E-state index contributed by atoms with van der Waals surface area (Å²) < 4.78 is 5.99. The van der Waals surface area contributed by atoms with Gasteiger partial charge < -0.3 is 4.42 Å². The molecule has 0 bridgehead atoms. The second-order valence-electron chi connectivity index (χ2n) is 7.86. The first-order valence-electron chi connectivity index (χ1n) is 9.05. The second-order valence-corrected chi connectivity index (χ2v) is 7.86. The Hall–Kier alpha value is -3.27. The third kappa shape index (κ3) is 2.65. The predicted molar refractivity (Wildman–Crippen MR) is 109 cm³/mol. The fourth-order valence-corrected chi connectivity index (χ4v) is 3.35. The van der Waals surface area contributed by atoms with Crippen molar-refractivity contribution < 1.29 is 4.42 Å². The van der Waals surface area contributed by atoms with E-state index in [9.17, 15) is 0 Å². The third-order valence-electron chi connectivity index (χ3n) is 4.90. The molecular weight excluding hydrogens is 334 g/mol. The van der Waals surface area contributed by atoms with E-state index >= 15 is 0 Å². The van der Waals surface area contributed by atoms with Crippen molar-refractivity contribution in [3.63, 3.8) is 0 Å². The first-order chi connectivity index (χ1) is 13.0. The SMILES string of the molecule is CC(C)(C)c1ccc2oc(-c3ccc4ccc5cccnc5c4n3)nc2c1. The highest BCUT2D eigenvalue weighted by molar-refractivity contribution is 6.03. The molecule has 0 saturated carbocycles. The number of pyridine rings is 2. The van der Waals surface area contributed by atoms with E-state index in [0.717, 1.165) is 32.9 Å². The van der Waals surface area contributed by atoms with Gasteiger partial charge in [0.25, 0.3) is 0 Å². The van der Waals surface area contributed by atoms with Crippen molar-refractivity contribution in [2.75, 3.05) is 0 Å². The summed E-state index contributed by atoms with van der Waals surface area (Å²) in [6, 6.07) is 18.3. The molecule has 3 aromatic heterocycles. The molecule has 0 aliphatic rings. The van der Waals surface area contributed by atoms with Crippen LogP contribution < -0.4 is 0 Å². The zero-order valence-corrected chi connectivity index (χ0v) is 15.5. The highest BCUT2D eigenvalue weighted by atomic mass is 16.3. The van der Waals surface area contributed by atoms with Gasteiger partial charge in [0.2, 0.25) is 5.89 Å². The number of benzene rings is 2. The van der Waals surface area contributed by atoms with Gasteiger partial charge in [0.05, 0.1) is 11.0 Å². The molecule has 5 aromatic rings. The van der Waals surface area contributed by atoms with Crippen molar-refractivity contribution in [2.24, 2.45) is 0 Å². The number of nitrogens with zero attached hydrogens (tertiary/aromatic N) is 3. The lowest BCUT2D eigenvalue weighted by molar-refractivity contribution is 0.590. The van der Waals surface area contributed by atoms with Crippen molar-refractivity contribution in [1.82, 2.24) is 15.0 Å². The van der Waals surface area contributed by atoms with Crippen LogP contribution >= 0.6 is 0 Å². The smallest absolute Gasteiger partial charge is 0.246 e. The molecule has 0 fully saturated rings. The second kappa shape index (κ2) is 5.61. The Labute approximate surface area is 156 Å². The van der Waals surface area contributed by atoms with Crippen LogP contribution in [-0.4, -0.2) is 15.0 Å². The summed E-state index contributed by atoms with van der Waals surface area (Å²) in [6.07, 6.45) is 1.80. The zero-order valence-electron chi connectivity index (χ0n) is 15.5. The van der Waals surface area contributed by atoms with Crippen molar-refractivity contribution in [3.05, 3.63) is 66.4 Å². The molecule has 0 N–H and O–H groups in total. The van der Waals surface area contributed by atoms with Crippen LogP contribution in [0, 0.1) is 0 Å². The molecule has 0 spiro atoms. The van der Waals surface area contributed by atoms with Crippen molar-refractivity contribution in [1.29, 1.82) is 0 Å². The average Bonchev–Trinajstić information content (AvgIpc) is 3.10. The zero-order chi connectivity index (χ0) is 18.6. The Balaban J connectivity index is 1.69. The van der Waals surface area contributed by atoms with E-state index in [2.05, 4.69) is 50.0 Å². The number of rotatable bonds is 1. The fourth-order valence-electron chi connectivity index (χ4n) is 3.35. The molecule has 2 aromatic carbocycles. The molecule has 0 amide bonds. The molecule has 4 heteroatoms. The molecule has 0 saturated heterocycles. The Kier molecular flexibility index (Phi) is 3.31. The fraction of sp³-hybridized carbons (Fsp3) is 0.174. The van der Waals surface area contributed by atoms with Crippen LogP contribution in [0.2, 0.25) is 0 Å². The first-order valence-corrected chi connectivity index (χ1v) is 9.05. The summed E-state index contributed by atoms with van der Waals surface area (Å²) >= 11 is 0. The van der Waals surface area contributed by atoms with Crippen molar-refractivity contribution in [3.8, 4) is 11.6 Å². The number of oxazole rings is 1. The van der Waals surface area contributed by atoms with E-state index in [4.69, 9.17) is 14.4 Å². The minimum Gasteiger partial charge on any atom is -0.435 e. The number of fused-ring (bicyclic) bond motifs is 4. The molecule has 4 nitrogen and oxygen atoms in total. The Bertz CT molecular complexity index is 1310. The van der Waals surface area contributed by atoms with Crippen LogP contribution in [0.25, 0.3) is 44.5 Å². The molecule has 5 rings (SSSR count). The molecular formula is C23H19N3O. The maximum Gasteiger partial charge on any atom is 0.246 e. The minimum absolute atomic E-state index is 0.0685. The Morgan fingerprint density at radius 1 is 0.815 bits per heavy atom. The summed E-state index contributed by atoms with van der Waals surface area (Å²) in [7, 11) is 0. The van der Waals surface area contributed by atoms with Gasteiger partial charge in [0.1, 0.15) is 11.2 Å². The van der Waals surface area contributed by atoms with Crippen LogP contribution in [-0.2, 0) is 5.41 Å². The van der Waals surface area contributed by atoms with Gasteiger partial charge in [-0.2, -0.15) is 0 Å². The number of hydrogen-bond acceptors (Lipinski definition) is 4. The van der Waals surface area contributed by atoms with Crippen molar-refractivity contribution in [2.45, 2.75) is 26.2 Å². The summed E-state index contributed by atoms with van der Waals surface area (Å²) in [5, 5.41) is 2.12. The van der Waals surface area contributed by atoms with E-state index in [0.29, 0.717) is 11.6 Å². The molecule has 27 heavy (non-hydrogen) atoms. The Morgan fingerprint density at radius 3 is 2.41 bits per heavy atom. The lowest BCUT2D eigenvalue weighted by Crippen LogP contribution is -2.10. The molecule has 132 valence electrons. The Morgan fingerprint density at radius 2 is 1.59 bits per heavy atom. The lowest BCUT2D eigenvalue weighted by Gasteiger charge is -2.18. The monoisotopic (exact) mass is 353 g/mol. The summed E-state index contributed by atoms with van der Waals surface area (Å²) in [6.45, 7) is 6.58. The van der Waals surface area contributed by atoms with Crippen LogP contribution in [0.3, 0.4) is 0 Å². The van der Waals surface area contributed by atoms with E-state index in [-0.39, 0.29) is 5.41 Å². The third-order valence-corrected chi connectivity index (χ3v) is 4.90. The number of hydrogen-bond donors (Lipinski definition) is 0. The van der Waals surface area contributed by atoms with Gasteiger partial charge in [-0.15, -0.1) is 0 Å². The van der Waals surface area contributed by atoms with Gasteiger partial charge in [-0.3, -0.25) is 4.98 Å².